The van der Waals surface area contributed by atoms with Gasteiger partial charge >= 0.3 is 12.1 Å². The molecule has 0 bridgehead atoms. The molecule has 1 aromatic carbocycles. The first-order chi connectivity index (χ1) is 9.60. The van der Waals surface area contributed by atoms with Gasteiger partial charge in [0.05, 0.1) is 11.8 Å². The smallest absolute Gasteiger partial charge is 0.297 e. The van der Waals surface area contributed by atoms with Crippen molar-refractivity contribution in [2.24, 2.45) is 0 Å². The van der Waals surface area contributed by atoms with Crippen molar-refractivity contribution in [3.05, 3.63) is 40.2 Å². The van der Waals surface area contributed by atoms with Gasteiger partial charge in [0.15, 0.2) is 9.84 Å². The molecule has 0 aliphatic carbocycles. The molecular formula is C12H9BrF3NO3S. The maximum Gasteiger partial charge on any atom is 0.471 e. The number of sulfone groups is 1. The second-order valence-electron chi connectivity index (χ2n) is 4.37. The third-order valence-electron chi connectivity index (χ3n) is 2.81. The van der Waals surface area contributed by atoms with Crippen molar-refractivity contribution in [3.8, 4) is 0 Å². The molecular weight excluding hydrogens is 375 g/mol. The number of rotatable bonds is 2. The van der Waals surface area contributed by atoms with E-state index in [2.05, 4.69) is 15.9 Å². The van der Waals surface area contributed by atoms with Gasteiger partial charge in [0, 0.05) is 15.6 Å². The summed E-state index contributed by atoms with van der Waals surface area (Å²) in [4.78, 5) is 12.1. The second-order valence-corrected chi connectivity index (χ2v) is 7.22. The van der Waals surface area contributed by atoms with Crippen molar-refractivity contribution < 1.29 is 26.4 Å². The van der Waals surface area contributed by atoms with Gasteiger partial charge in [0.2, 0.25) is 0 Å². The van der Waals surface area contributed by atoms with E-state index < -0.39 is 33.7 Å². The van der Waals surface area contributed by atoms with Crippen LogP contribution in [0.15, 0.2) is 40.2 Å². The normalized spacial score (nSPS) is 20.5. The average molecular weight is 384 g/mol. The van der Waals surface area contributed by atoms with E-state index >= 15 is 0 Å². The fourth-order valence-corrected chi connectivity index (χ4v) is 3.45. The molecule has 9 heteroatoms. The number of anilines is 1. The Kier molecular flexibility index (Phi) is 4.16. The first-order valence-electron chi connectivity index (χ1n) is 5.67. The zero-order valence-corrected chi connectivity index (χ0v) is 12.7. The molecule has 0 aromatic heterocycles. The summed E-state index contributed by atoms with van der Waals surface area (Å²) in [6.07, 6.45) is -4.01. The number of carbonyl (C=O) groups excluding carboxylic acids is 1. The van der Waals surface area contributed by atoms with Crippen LogP contribution in [-0.2, 0) is 14.6 Å². The van der Waals surface area contributed by atoms with Gasteiger partial charge < -0.3 is 0 Å². The molecule has 2 rings (SSSR count). The van der Waals surface area contributed by atoms with Gasteiger partial charge in [-0.25, -0.2) is 8.42 Å². The Labute approximate surface area is 127 Å². The highest BCUT2D eigenvalue weighted by Crippen LogP contribution is 2.29. The Morgan fingerprint density at radius 1 is 1.24 bits per heavy atom. The molecule has 0 radical (unpaired) electrons. The molecule has 0 unspecified atom stereocenters. The summed E-state index contributed by atoms with van der Waals surface area (Å²) in [6.45, 7) is 0. The van der Waals surface area contributed by atoms with E-state index in [1.54, 1.807) is 0 Å². The lowest BCUT2D eigenvalue weighted by atomic mass is 10.2. The van der Waals surface area contributed by atoms with Crippen molar-refractivity contribution in [2.45, 2.75) is 12.2 Å². The van der Waals surface area contributed by atoms with Crippen LogP contribution in [0.5, 0.6) is 0 Å². The third kappa shape index (κ3) is 3.65. The number of hydrogen-bond acceptors (Lipinski definition) is 3. The van der Waals surface area contributed by atoms with E-state index in [1.807, 2.05) is 0 Å². The number of alkyl halides is 3. The molecule has 4 nitrogen and oxygen atoms in total. The van der Waals surface area contributed by atoms with E-state index in [9.17, 15) is 26.4 Å². The number of benzene rings is 1. The van der Waals surface area contributed by atoms with Crippen LogP contribution in [0.1, 0.15) is 0 Å². The van der Waals surface area contributed by atoms with Crippen LogP contribution in [0.3, 0.4) is 0 Å². The van der Waals surface area contributed by atoms with Gasteiger partial charge in [-0.2, -0.15) is 13.2 Å². The van der Waals surface area contributed by atoms with Crippen LogP contribution in [-0.4, -0.2) is 32.3 Å². The molecule has 21 heavy (non-hydrogen) atoms. The summed E-state index contributed by atoms with van der Waals surface area (Å²) < 4.78 is 61.6. The predicted molar refractivity (Wildman–Crippen MR) is 74.4 cm³/mol. The van der Waals surface area contributed by atoms with Crippen molar-refractivity contribution in [1.82, 2.24) is 0 Å². The minimum Gasteiger partial charge on any atom is -0.297 e. The van der Waals surface area contributed by atoms with Gasteiger partial charge in [-0.15, -0.1) is 0 Å². The number of nitrogens with zero attached hydrogens (tertiary/aromatic N) is 1. The fourth-order valence-electron chi connectivity index (χ4n) is 1.92. The molecule has 1 amide bonds. The third-order valence-corrected chi connectivity index (χ3v) is 4.72. The van der Waals surface area contributed by atoms with Crippen LogP contribution < -0.4 is 4.90 Å². The average Bonchev–Trinajstić information content (AvgIpc) is 2.71. The van der Waals surface area contributed by atoms with Crippen LogP contribution in [0.2, 0.25) is 0 Å². The standard InChI is InChI=1S/C12H9BrF3NO3S/c13-8-1-3-9(4-2-8)17(11(18)12(14,15)16)10-5-6-21(19,20)7-10/h1-6,10H,7H2/t10-/m0/s1. The largest absolute Gasteiger partial charge is 0.471 e. The molecule has 1 heterocycles. The van der Waals surface area contributed by atoms with Gasteiger partial charge in [-0.05, 0) is 30.3 Å². The summed E-state index contributed by atoms with van der Waals surface area (Å²) in [6, 6.07) is 4.39. The van der Waals surface area contributed by atoms with Gasteiger partial charge in [-0.3, -0.25) is 9.69 Å². The summed E-state index contributed by atoms with van der Waals surface area (Å²) in [5, 5.41) is 0.827. The molecule has 0 saturated heterocycles. The Morgan fingerprint density at radius 2 is 1.81 bits per heavy atom. The van der Waals surface area contributed by atoms with Crippen LogP contribution in [0, 0.1) is 0 Å². The van der Waals surface area contributed by atoms with Crippen LogP contribution >= 0.6 is 15.9 Å². The lowest BCUT2D eigenvalue weighted by Crippen LogP contribution is -2.47. The SMILES string of the molecule is O=C(N(c1ccc(Br)cc1)[C@H]1C=CS(=O)(=O)C1)C(F)(F)F. The predicted octanol–water partition coefficient (Wildman–Crippen LogP) is 2.66. The van der Waals surface area contributed by atoms with Gasteiger partial charge in [0.25, 0.3) is 0 Å². The molecule has 0 fully saturated rings. The Balaban J connectivity index is 2.43. The van der Waals surface area contributed by atoms with E-state index in [0.29, 0.717) is 9.37 Å². The number of halogens is 4. The molecule has 0 saturated carbocycles. The zero-order valence-electron chi connectivity index (χ0n) is 10.3. The van der Waals surface area contributed by atoms with Crippen molar-refractivity contribution in [1.29, 1.82) is 0 Å². The highest BCUT2D eigenvalue weighted by molar-refractivity contribution is 9.10. The zero-order chi connectivity index (χ0) is 15.8. The lowest BCUT2D eigenvalue weighted by molar-refractivity contribution is -0.170. The van der Waals surface area contributed by atoms with E-state index in [-0.39, 0.29) is 5.69 Å². The van der Waals surface area contributed by atoms with Crippen LogP contribution in [0.25, 0.3) is 0 Å². The quantitative estimate of drug-likeness (QED) is 0.788. The molecule has 0 spiro atoms. The van der Waals surface area contributed by atoms with Crippen molar-refractivity contribution >= 4 is 37.4 Å². The first kappa shape index (κ1) is 16.0. The van der Waals surface area contributed by atoms with Crippen molar-refractivity contribution in [2.75, 3.05) is 10.7 Å². The summed E-state index contributed by atoms with van der Waals surface area (Å²) in [5.74, 6) is -2.66. The topological polar surface area (TPSA) is 54.5 Å². The maximum atomic E-state index is 12.7. The summed E-state index contributed by atoms with van der Waals surface area (Å²) in [5.41, 5.74) is -0.0210. The van der Waals surface area contributed by atoms with E-state index in [1.165, 1.54) is 24.3 Å². The second kappa shape index (κ2) is 5.45. The minimum atomic E-state index is -5.09. The molecule has 0 N–H and O–H groups in total. The number of carbonyl (C=O) groups is 1. The Hall–Kier alpha value is -1.35. The molecule has 1 aliphatic heterocycles. The van der Waals surface area contributed by atoms with Gasteiger partial charge in [0.1, 0.15) is 0 Å². The Morgan fingerprint density at radius 3 is 2.24 bits per heavy atom. The summed E-state index contributed by atoms with van der Waals surface area (Å²) in [7, 11) is -3.59. The van der Waals surface area contributed by atoms with Crippen molar-refractivity contribution in [3.63, 3.8) is 0 Å². The van der Waals surface area contributed by atoms with Gasteiger partial charge in [-0.1, -0.05) is 15.9 Å². The lowest BCUT2D eigenvalue weighted by Gasteiger charge is -2.28. The number of hydrogen-bond donors (Lipinski definition) is 0. The highest BCUT2D eigenvalue weighted by atomic mass is 79.9. The van der Waals surface area contributed by atoms with Crippen LogP contribution in [0.4, 0.5) is 18.9 Å². The fraction of sp³-hybridized carbons (Fsp3) is 0.250. The molecule has 1 aromatic rings. The minimum absolute atomic E-state index is 0.0210. The first-order valence-corrected chi connectivity index (χ1v) is 8.18. The molecule has 1 aliphatic rings. The highest BCUT2D eigenvalue weighted by Gasteiger charge is 2.46. The Bertz CT molecular complexity index is 683. The summed E-state index contributed by atoms with van der Waals surface area (Å²) >= 11 is 3.14. The van der Waals surface area contributed by atoms with E-state index in [0.717, 1.165) is 11.5 Å². The molecule has 114 valence electrons. The maximum absolute atomic E-state index is 12.7. The monoisotopic (exact) mass is 383 g/mol. The molecule has 1 atom stereocenters. The van der Waals surface area contributed by atoms with E-state index in [4.69, 9.17) is 0 Å². The number of amides is 1.